The average molecular weight is 250 g/mol. The molecule has 0 spiro atoms. The number of morpholine rings is 1. The van der Waals surface area contributed by atoms with Crippen LogP contribution >= 0.6 is 0 Å². The Hall–Kier alpha value is -2.41. The van der Waals surface area contributed by atoms with Crippen LogP contribution in [-0.4, -0.2) is 36.1 Å². The van der Waals surface area contributed by atoms with E-state index in [0.717, 1.165) is 4.90 Å². The number of anilines is 2. The highest BCUT2D eigenvalue weighted by atomic mass is 16.5. The van der Waals surface area contributed by atoms with Crippen molar-refractivity contribution in [3.8, 4) is 0 Å². The molecule has 2 rings (SSSR count). The lowest BCUT2D eigenvalue weighted by atomic mass is 10.1. The molecule has 1 aromatic rings. The van der Waals surface area contributed by atoms with Gasteiger partial charge in [0.05, 0.1) is 11.3 Å². The molecule has 1 aromatic carbocycles. The molecule has 7 nitrogen and oxygen atoms in total. The first-order chi connectivity index (χ1) is 8.50. The summed E-state index contributed by atoms with van der Waals surface area (Å²) < 4.78 is 4.76. The average Bonchev–Trinajstić information content (AvgIpc) is 2.30. The number of carbonyl (C=O) groups is 3. The second-order valence-electron chi connectivity index (χ2n) is 3.70. The van der Waals surface area contributed by atoms with Crippen LogP contribution in [0.5, 0.6) is 0 Å². The third-order valence-electron chi connectivity index (χ3n) is 2.44. The summed E-state index contributed by atoms with van der Waals surface area (Å²) in [5.74, 6) is -2.46. The summed E-state index contributed by atoms with van der Waals surface area (Å²) in [6.07, 6.45) is 0. The molecule has 1 saturated heterocycles. The Morgan fingerprint density at radius 1 is 1.28 bits per heavy atom. The zero-order valence-electron chi connectivity index (χ0n) is 9.25. The summed E-state index contributed by atoms with van der Waals surface area (Å²) in [7, 11) is 0. The number of carboxylic acid groups (broad SMARTS) is 1. The molecule has 0 aromatic heterocycles. The Labute approximate surface area is 102 Å². The molecular weight excluding hydrogens is 240 g/mol. The van der Waals surface area contributed by atoms with Gasteiger partial charge < -0.3 is 15.6 Å². The van der Waals surface area contributed by atoms with E-state index in [0.29, 0.717) is 0 Å². The van der Waals surface area contributed by atoms with Crippen molar-refractivity contribution >= 4 is 29.2 Å². The van der Waals surface area contributed by atoms with Crippen molar-refractivity contribution in [3.05, 3.63) is 23.8 Å². The van der Waals surface area contributed by atoms with E-state index in [-0.39, 0.29) is 30.2 Å². The SMILES string of the molecule is Nc1ccc(N2C(=O)COCC2=O)c(C(=O)O)c1. The Morgan fingerprint density at radius 3 is 2.44 bits per heavy atom. The number of hydrogen-bond acceptors (Lipinski definition) is 5. The largest absolute Gasteiger partial charge is 0.478 e. The van der Waals surface area contributed by atoms with Gasteiger partial charge in [-0.2, -0.15) is 0 Å². The number of carbonyl (C=O) groups excluding carboxylic acids is 2. The van der Waals surface area contributed by atoms with Crippen molar-refractivity contribution in [2.45, 2.75) is 0 Å². The van der Waals surface area contributed by atoms with Crippen molar-refractivity contribution in [1.29, 1.82) is 0 Å². The maximum Gasteiger partial charge on any atom is 0.337 e. The number of hydrogen-bond donors (Lipinski definition) is 2. The number of amides is 2. The fourth-order valence-electron chi connectivity index (χ4n) is 1.68. The molecule has 7 heteroatoms. The number of nitrogens with two attached hydrogens (primary N) is 1. The van der Waals surface area contributed by atoms with Crippen LogP contribution < -0.4 is 10.6 Å². The van der Waals surface area contributed by atoms with Crippen molar-refractivity contribution in [3.63, 3.8) is 0 Å². The predicted molar refractivity (Wildman–Crippen MR) is 61.1 cm³/mol. The standard InChI is InChI=1S/C11H10N2O5/c12-6-1-2-8(7(3-6)11(16)17)13-9(14)4-18-5-10(13)15/h1-3H,4-5,12H2,(H,16,17). The van der Waals surface area contributed by atoms with E-state index in [4.69, 9.17) is 15.6 Å². The van der Waals surface area contributed by atoms with Crippen molar-refractivity contribution in [2.24, 2.45) is 0 Å². The molecule has 0 unspecified atom stereocenters. The predicted octanol–water partition coefficient (Wildman–Crippen LogP) is -0.143. The maximum atomic E-state index is 11.6. The van der Waals surface area contributed by atoms with Gasteiger partial charge in [0, 0.05) is 5.69 Å². The minimum Gasteiger partial charge on any atom is -0.478 e. The Bertz CT molecular complexity index is 524. The van der Waals surface area contributed by atoms with Crippen LogP contribution in [-0.2, 0) is 14.3 Å². The summed E-state index contributed by atoms with van der Waals surface area (Å²) in [4.78, 5) is 35.1. The van der Waals surface area contributed by atoms with Gasteiger partial charge in [0.25, 0.3) is 11.8 Å². The molecule has 1 aliphatic rings. The van der Waals surface area contributed by atoms with Crippen molar-refractivity contribution < 1.29 is 24.2 Å². The lowest BCUT2D eigenvalue weighted by Gasteiger charge is -2.26. The molecule has 94 valence electrons. The zero-order chi connectivity index (χ0) is 13.3. The molecule has 18 heavy (non-hydrogen) atoms. The molecule has 0 radical (unpaired) electrons. The quantitative estimate of drug-likeness (QED) is 0.558. The van der Waals surface area contributed by atoms with Crippen LogP contribution in [0.15, 0.2) is 18.2 Å². The van der Waals surface area contributed by atoms with E-state index in [2.05, 4.69) is 0 Å². The molecule has 0 bridgehead atoms. The first-order valence-electron chi connectivity index (χ1n) is 5.07. The van der Waals surface area contributed by atoms with Gasteiger partial charge in [-0.1, -0.05) is 0 Å². The summed E-state index contributed by atoms with van der Waals surface area (Å²) >= 11 is 0. The van der Waals surface area contributed by atoms with Gasteiger partial charge >= 0.3 is 5.97 Å². The van der Waals surface area contributed by atoms with Gasteiger partial charge in [0.15, 0.2) is 0 Å². The lowest BCUT2D eigenvalue weighted by Crippen LogP contribution is -2.47. The highest BCUT2D eigenvalue weighted by molar-refractivity contribution is 6.19. The first kappa shape index (κ1) is 12.1. The number of nitrogen functional groups attached to an aromatic ring is 1. The maximum absolute atomic E-state index is 11.6. The number of ether oxygens (including phenoxy) is 1. The molecule has 1 aliphatic heterocycles. The van der Waals surface area contributed by atoms with Gasteiger partial charge in [-0.25, -0.2) is 9.69 Å². The van der Waals surface area contributed by atoms with Crippen molar-refractivity contribution in [2.75, 3.05) is 23.8 Å². The fraction of sp³-hybridized carbons (Fsp3) is 0.182. The normalized spacial score (nSPS) is 15.9. The van der Waals surface area contributed by atoms with Crippen molar-refractivity contribution in [1.82, 2.24) is 0 Å². The summed E-state index contributed by atoms with van der Waals surface area (Å²) in [6, 6.07) is 3.96. The van der Waals surface area contributed by atoms with Gasteiger partial charge in [0.1, 0.15) is 13.2 Å². The second-order valence-corrected chi connectivity index (χ2v) is 3.70. The van der Waals surface area contributed by atoms with Gasteiger partial charge in [-0.3, -0.25) is 9.59 Å². The number of benzene rings is 1. The second kappa shape index (κ2) is 4.46. The first-order valence-corrected chi connectivity index (χ1v) is 5.07. The highest BCUT2D eigenvalue weighted by Crippen LogP contribution is 2.25. The van der Waals surface area contributed by atoms with Gasteiger partial charge in [-0.05, 0) is 18.2 Å². The summed E-state index contributed by atoms with van der Waals surface area (Å²) in [5.41, 5.74) is 5.54. The van der Waals surface area contributed by atoms with Crippen LogP contribution in [0.3, 0.4) is 0 Å². The molecule has 2 amide bonds. The van der Waals surface area contributed by atoms with E-state index in [1.54, 1.807) is 0 Å². The van der Waals surface area contributed by atoms with E-state index in [1.165, 1.54) is 18.2 Å². The fourth-order valence-corrected chi connectivity index (χ4v) is 1.68. The lowest BCUT2D eigenvalue weighted by molar-refractivity contribution is -0.138. The Morgan fingerprint density at radius 2 is 1.89 bits per heavy atom. The zero-order valence-corrected chi connectivity index (χ0v) is 9.25. The molecule has 0 atom stereocenters. The number of carboxylic acids is 1. The number of aromatic carboxylic acids is 1. The van der Waals surface area contributed by atoms with E-state index in [1.807, 2.05) is 0 Å². The number of rotatable bonds is 2. The number of nitrogens with zero attached hydrogens (tertiary/aromatic N) is 1. The molecular formula is C11H10N2O5. The van der Waals surface area contributed by atoms with E-state index in [9.17, 15) is 14.4 Å². The summed E-state index contributed by atoms with van der Waals surface area (Å²) in [5, 5.41) is 9.06. The van der Waals surface area contributed by atoms with Crippen LogP contribution in [0, 0.1) is 0 Å². The molecule has 0 aliphatic carbocycles. The van der Waals surface area contributed by atoms with Crippen LogP contribution in [0.2, 0.25) is 0 Å². The molecule has 0 saturated carbocycles. The van der Waals surface area contributed by atoms with Gasteiger partial charge in [0.2, 0.25) is 0 Å². The minimum absolute atomic E-state index is 0.00926. The summed E-state index contributed by atoms with van der Waals surface area (Å²) in [6.45, 7) is -0.510. The Balaban J connectivity index is 2.52. The van der Waals surface area contributed by atoms with E-state index >= 15 is 0 Å². The topological polar surface area (TPSA) is 110 Å². The molecule has 1 fully saturated rings. The third-order valence-corrected chi connectivity index (χ3v) is 2.44. The number of imide groups is 1. The third kappa shape index (κ3) is 2.03. The van der Waals surface area contributed by atoms with E-state index < -0.39 is 17.8 Å². The monoisotopic (exact) mass is 250 g/mol. The molecule has 3 N–H and O–H groups in total. The van der Waals surface area contributed by atoms with Crippen LogP contribution in [0.25, 0.3) is 0 Å². The van der Waals surface area contributed by atoms with Crippen LogP contribution in [0.4, 0.5) is 11.4 Å². The minimum atomic E-state index is -1.26. The molecule has 1 heterocycles. The van der Waals surface area contributed by atoms with Crippen LogP contribution in [0.1, 0.15) is 10.4 Å². The smallest absolute Gasteiger partial charge is 0.337 e. The highest BCUT2D eigenvalue weighted by Gasteiger charge is 2.31. The Kier molecular flexibility index (Phi) is 2.99. The van der Waals surface area contributed by atoms with Gasteiger partial charge in [-0.15, -0.1) is 0 Å².